The second-order valence-electron chi connectivity index (χ2n) is 8.02. The third-order valence-electron chi connectivity index (χ3n) is 6.48. The van der Waals surface area contributed by atoms with E-state index < -0.39 is 0 Å². The minimum absolute atomic E-state index is 0. The van der Waals surface area contributed by atoms with Gasteiger partial charge in [0.2, 0.25) is 0 Å². The topological polar surface area (TPSA) is 32.8 Å². The van der Waals surface area contributed by atoms with Crippen LogP contribution in [0.1, 0.15) is 35.6 Å². The molecule has 3 saturated heterocycles. The zero-order valence-corrected chi connectivity index (χ0v) is 16.8. The monoisotopic (exact) mass is 398 g/mol. The van der Waals surface area contributed by atoms with Crippen molar-refractivity contribution in [3.05, 3.63) is 71.3 Å². The van der Waals surface area contributed by atoms with E-state index in [9.17, 15) is 4.79 Å². The Bertz CT molecular complexity index is 820. The quantitative estimate of drug-likeness (QED) is 0.756. The van der Waals surface area contributed by atoms with Crippen molar-refractivity contribution in [2.24, 2.45) is 5.92 Å². The molecule has 0 unspecified atom stereocenters. The Hall–Kier alpha value is -2.04. The molecule has 4 aliphatic rings. The summed E-state index contributed by atoms with van der Waals surface area (Å²) in [4.78, 5) is 17.6. The summed E-state index contributed by atoms with van der Waals surface area (Å²) in [5.74, 6) is 0.534. The highest BCUT2D eigenvalue weighted by molar-refractivity contribution is 5.85. The molecule has 2 aromatic rings. The van der Waals surface area contributed by atoms with Crippen molar-refractivity contribution >= 4 is 18.5 Å². The summed E-state index contributed by atoms with van der Waals surface area (Å²) in [6.45, 7) is 3.91. The number of halogens is 1. The first kappa shape index (κ1) is 19.3. The maximum absolute atomic E-state index is 13.2. The smallest absolute Gasteiger partial charge is 0.410 e. The van der Waals surface area contributed by atoms with Gasteiger partial charge < -0.3 is 4.74 Å². The highest BCUT2D eigenvalue weighted by Gasteiger charge is 2.39. The lowest BCUT2D eigenvalue weighted by Gasteiger charge is -2.45. The zero-order valence-electron chi connectivity index (χ0n) is 16.0. The molecule has 0 N–H and O–H groups in total. The number of ether oxygens (including phenoxy) is 1. The molecule has 4 heterocycles. The molecule has 148 valence electrons. The molecule has 4 nitrogen and oxygen atoms in total. The van der Waals surface area contributed by atoms with Crippen molar-refractivity contribution in [3.8, 4) is 0 Å². The number of piperidine rings is 3. The molecule has 2 bridgehead atoms. The summed E-state index contributed by atoms with van der Waals surface area (Å²) < 4.78 is 6.08. The maximum Gasteiger partial charge on any atom is 0.410 e. The van der Waals surface area contributed by atoms with Crippen LogP contribution in [0, 0.1) is 5.92 Å². The fourth-order valence-corrected chi connectivity index (χ4v) is 5.00. The molecule has 0 aliphatic carbocycles. The Labute approximate surface area is 172 Å². The average molecular weight is 399 g/mol. The molecule has 4 aliphatic heterocycles. The van der Waals surface area contributed by atoms with E-state index in [0.717, 1.165) is 44.5 Å². The van der Waals surface area contributed by atoms with Crippen molar-refractivity contribution in [2.45, 2.75) is 31.4 Å². The lowest BCUT2D eigenvalue weighted by molar-refractivity contribution is -0.0462. The second kappa shape index (κ2) is 8.14. The van der Waals surface area contributed by atoms with Gasteiger partial charge in [0.05, 0.1) is 6.04 Å². The van der Waals surface area contributed by atoms with Crippen molar-refractivity contribution in [3.63, 3.8) is 0 Å². The number of fused-ring (bicyclic) bond motifs is 4. The Morgan fingerprint density at radius 3 is 2.36 bits per heavy atom. The predicted octanol–water partition coefficient (Wildman–Crippen LogP) is 4.29. The fraction of sp³-hybridized carbons (Fsp3) is 0.435. The minimum Gasteiger partial charge on any atom is -0.444 e. The van der Waals surface area contributed by atoms with E-state index in [1.54, 1.807) is 0 Å². The molecule has 3 fully saturated rings. The largest absolute Gasteiger partial charge is 0.444 e. The number of hydrogen-bond donors (Lipinski definition) is 0. The van der Waals surface area contributed by atoms with Gasteiger partial charge in [-0.25, -0.2) is 4.79 Å². The zero-order chi connectivity index (χ0) is 18.2. The summed E-state index contributed by atoms with van der Waals surface area (Å²) in [6, 6.07) is 18.8. The predicted molar refractivity (Wildman–Crippen MR) is 112 cm³/mol. The Morgan fingerprint density at radius 1 is 0.929 bits per heavy atom. The fourth-order valence-electron chi connectivity index (χ4n) is 5.00. The van der Waals surface area contributed by atoms with Crippen LogP contribution in [0.5, 0.6) is 0 Å². The third-order valence-corrected chi connectivity index (χ3v) is 6.48. The minimum atomic E-state index is -0.155. The lowest BCUT2D eigenvalue weighted by Crippen LogP contribution is -2.53. The lowest BCUT2D eigenvalue weighted by atomic mass is 9.86. The van der Waals surface area contributed by atoms with E-state index >= 15 is 0 Å². The van der Waals surface area contributed by atoms with E-state index in [1.165, 1.54) is 11.1 Å². The van der Waals surface area contributed by atoms with Crippen LogP contribution in [0.15, 0.2) is 54.6 Å². The summed E-state index contributed by atoms with van der Waals surface area (Å²) in [5, 5.41) is 0. The summed E-state index contributed by atoms with van der Waals surface area (Å²) in [5.41, 5.74) is 3.70. The Morgan fingerprint density at radius 2 is 1.64 bits per heavy atom. The molecule has 28 heavy (non-hydrogen) atoms. The van der Waals surface area contributed by atoms with Gasteiger partial charge in [0.15, 0.2) is 0 Å². The van der Waals surface area contributed by atoms with E-state index in [-0.39, 0.29) is 30.6 Å². The van der Waals surface area contributed by atoms with Crippen LogP contribution in [-0.4, -0.2) is 48.2 Å². The molecule has 6 rings (SSSR count). The maximum atomic E-state index is 13.2. The van der Waals surface area contributed by atoms with Crippen LogP contribution < -0.4 is 0 Å². The second-order valence-corrected chi connectivity index (χ2v) is 8.02. The van der Waals surface area contributed by atoms with Crippen LogP contribution >= 0.6 is 12.4 Å². The van der Waals surface area contributed by atoms with E-state index in [4.69, 9.17) is 4.74 Å². The molecular weight excluding hydrogens is 372 g/mol. The molecule has 0 saturated carbocycles. The molecular formula is C23H27ClN2O2. The molecule has 0 aromatic heterocycles. The van der Waals surface area contributed by atoms with Crippen LogP contribution in [0.3, 0.4) is 0 Å². The number of rotatable bonds is 2. The molecule has 5 heteroatoms. The molecule has 2 aromatic carbocycles. The first-order valence-corrected chi connectivity index (χ1v) is 10.1. The molecule has 2 atom stereocenters. The number of nitrogens with zero attached hydrogens (tertiary/aromatic N) is 2. The van der Waals surface area contributed by atoms with E-state index in [1.807, 2.05) is 23.1 Å². The number of benzene rings is 2. The first-order valence-electron chi connectivity index (χ1n) is 10.1. The molecule has 0 radical (unpaired) electrons. The summed E-state index contributed by atoms with van der Waals surface area (Å²) >= 11 is 0. The SMILES string of the molecule is Cl.O=C(O[C@H]1CN2CCC1CC2)N1CCc2ccccc2[C@@H]1c1ccccc1. The highest BCUT2D eigenvalue weighted by atomic mass is 35.5. The Kier molecular flexibility index (Phi) is 5.61. The van der Waals surface area contributed by atoms with Crippen LogP contribution in [0.25, 0.3) is 0 Å². The van der Waals surface area contributed by atoms with Gasteiger partial charge in [-0.15, -0.1) is 12.4 Å². The standard InChI is InChI=1S/C23H26N2O2.ClH/c26-23(27-21-16-24-13-10-18(21)11-14-24)25-15-12-17-6-4-5-9-20(17)22(25)19-7-2-1-3-8-19;/h1-9,18,21-22H,10-16H2;1H/t21-,22-;/m0./s1. The summed E-state index contributed by atoms with van der Waals surface area (Å²) in [6.07, 6.45) is 3.09. The van der Waals surface area contributed by atoms with Crippen molar-refractivity contribution < 1.29 is 9.53 Å². The first-order chi connectivity index (χ1) is 13.3. The average Bonchev–Trinajstić information content (AvgIpc) is 2.74. The Balaban J connectivity index is 0.00000192. The van der Waals surface area contributed by atoms with Crippen LogP contribution in [-0.2, 0) is 11.2 Å². The number of carbonyl (C=O) groups is 1. The van der Waals surface area contributed by atoms with Gasteiger partial charge in [-0.2, -0.15) is 0 Å². The van der Waals surface area contributed by atoms with E-state index in [2.05, 4.69) is 41.3 Å². The number of hydrogen-bond acceptors (Lipinski definition) is 3. The number of amides is 1. The van der Waals surface area contributed by atoms with Crippen LogP contribution in [0.2, 0.25) is 0 Å². The van der Waals surface area contributed by atoms with Crippen molar-refractivity contribution in [1.29, 1.82) is 0 Å². The van der Waals surface area contributed by atoms with Gasteiger partial charge in [0.25, 0.3) is 0 Å². The highest BCUT2D eigenvalue weighted by Crippen LogP contribution is 2.36. The van der Waals surface area contributed by atoms with Gasteiger partial charge in [-0.3, -0.25) is 9.80 Å². The third kappa shape index (κ3) is 3.51. The van der Waals surface area contributed by atoms with E-state index in [0.29, 0.717) is 12.5 Å². The van der Waals surface area contributed by atoms with Crippen molar-refractivity contribution in [1.82, 2.24) is 9.80 Å². The normalized spacial score (nSPS) is 28.2. The van der Waals surface area contributed by atoms with Gasteiger partial charge in [0, 0.05) is 13.1 Å². The molecule has 1 amide bonds. The van der Waals surface area contributed by atoms with Gasteiger partial charge in [-0.05, 0) is 55.0 Å². The molecule has 0 spiro atoms. The number of carbonyl (C=O) groups excluding carboxylic acids is 1. The van der Waals surface area contributed by atoms with Gasteiger partial charge in [0.1, 0.15) is 6.10 Å². The van der Waals surface area contributed by atoms with Gasteiger partial charge >= 0.3 is 6.09 Å². The van der Waals surface area contributed by atoms with Gasteiger partial charge in [-0.1, -0.05) is 54.6 Å². The summed E-state index contributed by atoms with van der Waals surface area (Å²) in [7, 11) is 0. The van der Waals surface area contributed by atoms with Crippen molar-refractivity contribution in [2.75, 3.05) is 26.2 Å². The van der Waals surface area contributed by atoms with Crippen LogP contribution in [0.4, 0.5) is 4.79 Å².